The SMILES string of the molecule is CSc1ccc(-c2c(N)nc(N3CCC4(CC3)C[C@@H](C)C[C@H]4N)n(C)c2=O)cc1.C[C@H]1C[C@@H](N)C2(CCN(c3nc(N)c(-c4cccc(Cl)c4)c(=O)n3C)CC2)C1.C[C@H]1C[C@@H](N)C2(CCN(c3nc(N)c(-c4cccc(Cl)c4Cl)c(=O)n3C)CC2)C1.C[C@H]1C[C@@H](N)C2(CCN(c3nc(N)c(-c4cccc(F)c4F)c(=O)n3C)CC2)C1.Cc1ccc(-c2c(N)nc(N3CCC4(CC3)C[C@@H](C)C[C@H]4N)n(C)c2=O)cc1Cl. The zero-order valence-electron chi connectivity index (χ0n) is 85.0. The van der Waals surface area contributed by atoms with Crippen LogP contribution in [0.15, 0.2) is 132 Å². The molecule has 10 aromatic rings. The van der Waals surface area contributed by atoms with Crippen LogP contribution in [0.5, 0.6) is 0 Å². The molecule has 10 atom stereocenters. The van der Waals surface area contributed by atoms with Crippen LogP contribution in [0.3, 0.4) is 0 Å². The molecule has 5 saturated carbocycles. The Bertz CT molecular complexity index is 6580. The Morgan fingerprint density at radius 3 is 0.910 bits per heavy atom. The first kappa shape index (κ1) is 106. The summed E-state index contributed by atoms with van der Waals surface area (Å²) in [6, 6.07) is 30.7. The molecule has 144 heavy (non-hydrogen) atoms. The van der Waals surface area contributed by atoms with Gasteiger partial charge in [0.2, 0.25) is 29.7 Å². The van der Waals surface area contributed by atoms with Crippen molar-refractivity contribution in [3.8, 4) is 55.6 Å². The van der Waals surface area contributed by atoms with Crippen molar-refractivity contribution in [1.29, 1.82) is 0 Å². The van der Waals surface area contributed by atoms with E-state index in [4.69, 9.17) is 104 Å². The van der Waals surface area contributed by atoms with Gasteiger partial charge in [-0.1, -0.05) is 142 Å². The van der Waals surface area contributed by atoms with Gasteiger partial charge in [0.1, 0.15) is 29.1 Å². The molecule has 0 amide bonds. The molecule has 5 aliphatic carbocycles. The maximum Gasteiger partial charge on any atom is 0.264 e. The summed E-state index contributed by atoms with van der Waals surface area (Å²) in [7, 11) is 8.61. The van der Waals surface area contributed by atoms with E-state index in [1.165, 1.54) is 42.4 Å². The van der Waals surface area contributed by atoms with Gasteiger partial charge in [-0.25, -0.2) is 8.78 Å². The Hall–Kier alpha value is -10.3. The Labute approximate surface area is 866 Å². The van der Waals surface area contributed by atoms with Crippen LogP contribution in [0.1, 0.15) is 169 Å². The average molecular weight is 2070 g/mol. The summed E-state index contributed by atoms with van der Waals surface area (Å²) in [5, 5.41) is 1.85. The minimum atomic E-state index is -1.10. The van der Waals surface area contributed by atoms with E-state index in [9.17, 15) is 32.8 Å². The highest BCUT2D eigenvalue weighted by Gasteiger charge is 2.52. The summed E-state index contributed by atoms with van der Waals surface area (Å²) in [5.74, 6) is 5.06. The average Bonchev–Trinajstić information content (AvgIpc) is 1.59. The summed E-state index contributed by atoms with van der Waals surface area (Å²) in [5.41, 5.74) is 68.3. The van der Waals surface area contributed by atoms with Crippen LogP contribution in [0.2, 0.25) is 20.1 Å². The second kappa shape index (κ2) is 42.9. The number of rotatable bonds is 11. The third kappa shape index (κ3) is 20.9. The highest BCUT2D eigenvalue weighted by molar-refractivity contribution is 7.98. The molecular weight excluding hydrogens is 1930 g/mol. The van der Waals surface area contributed by atoms with Crippen LogP contribution in [0.4, 0.5) is 67.6 Å². The molecule has 5 aliphatic heterocycles. The van der Waals surface area contributed by atoms with Crippen LogP contribution in [-0.2, 0) is 35.2 Å². The number of hydrogen-bond donors (Lipinski definition) is 10. The van der Waals surface area contributed by atoms with E-state index < -0.39 is 17.2 Å². The molecule has 774 valence electrons. The number of aromatic nitrogens is 10. The van der Waals surface area contributed by atoms with E-state index in [0.717, 1.165) is 190 Å². The van der Waals surface area contributed by atoms with E-state index in [2.05, 4.69) is 79.1 Å². The van der Waals surface area contributed by atoms with Gasteiger partial charge in [-0.05, 0) is 263 Å². The van der Waals surface area contributed by atoms with Gasteiger partial charge in [-0.2, -0.15) is 24.9 Å². The Morgan fingerprint density at radius 1 is 0.340 bits per heavy atom. The zero-order valence-corrected chi connectivity index (χ0v) is 88.8. The molecule has 10 heterocycles. The molecule has 37 heteroatoms. The number of aryl methyl sites for hydroxylation is 1. The van der Waals surface area contributed by atoms with E-state index >= 15 is 0 Å². The molecule has 5 spiro atoms. The lowest BCUT2D eigenvalue weighted by molar-refractivity contribution is 0.192. The fourth-order valence-corrected chi connectivity index (χ4v) is 27.2. The van der Waals surface area contributed by atoms with Crippen molar-refractivity contribution in [1.82, 2.24) is 47.8 Å². The predicted octanol–water partition coefficient (Wildman–Crippen LogP) is 15.8. The molecule has 20 rings (SSSR count). The molecule has 10 fully saturated rings. The number of anilines is 10. The first-order valence-electron chi connectivity index (χ1n) is 50.7. The molecule has 30 nitrogen and oxygen atoms in total. The zero-order chi connectivity index (χ0) is 104. The highest BCUT2D eigenvalue weighted by Crippen LogP contribution is 2.54. The van der Waals surface area contributed by atoms with Crippen LogP contribution in [0, 0.1) is 75.2 Å². The quantitative estimate of drug-likeness (QED) is 0.0538. The summed E-state index contributed by atoms with van der Waals surface area (Å²) in [6.45, 7) is 21.5. The smallest absolute Gasteiger partial charge is 0.264 e. The molecule has 5 aromatic carbocycles. The number of hydrogen-bond acceptors (Lipinski definition) is 26. The van der Waals surface area contributed by atoms with E-state index in [1.54, 1.807) is 108 Å². The van der Waals surface area contributed by atoms with Gasteiger partial charge in [0, 0.05) is 157 Å². The molecule has 0 unspecified atom stereocenters. The first-order chi connectivity index (χ1) is 68.3. The van der Waals surface area contributed by atoms with Gasteiger partial charge in [0.05, 0.1) is 37.9 Å². The predicted molar refractivity (Wildman–Crippen MR) is 584 cm³/mol. The van der Waals surface area contributed by atoms with E-state index in [1.807, 2.05) is 60.5 Å². The normalized spacial score (nSPS) is 23.8. The highest BCUT2D eigenvalue weighted by atomic mass is 35.5. The van der Waals surface area contributed by atoms with Gasteiger partial charge < -0.3 is 81.8 Å². The number of halogens is 6. The Balaban J connectivity index is 0.000000129. The van der Waals surface area contributed by atoms with Crippen LogP contribution in [0.25, 0.3) is 55.6 Å². The summed E-state index contributed by atoms with van der Waals surface area (Å²) >= 11 is 26.5. The third-order valence-corrected chi connectivity index (χ3v) is 36.3. The molecular formula is C107H143Cl4F2N25O5S. The summed E-state index contributed by atoms with van der Waals surface area (Å²) in [4.78, 5) is 100. The monoisotopic (exact) mass is 2070 g/mol. The fourth-order valence-electron chi connectivity index (χ4n) is 26.0. The van der Waals surface area contributed by atoms with Crippen molar-refractivity contribution in [2.45, 2.75) is 205 Å². The number of benzene rings is 5. The minimum Gasteiger partial charge on any atom is -0.383 e. The standard InChI is InChI=1S/C22H30ClN5O.C22H31N5OS.C21H27Cl2N5O.C21H28ClN5O.C21H27F2N5O/c1-13-10-17(24)22(12-13)6-8-28(9-7-22)21-26-19(25)18(20(29)27(21)3)15-5-4-14(2)16(23)11-15;1-14-12-17(23)22(13-14)8-10-27(11-9-22)21-25-19(24)18(20(28)26(21)2)15-4-6-16(29-3)7-5-15;1-12-10-15(24)21(11-12)6-8-28(9-7-21)20-26-18(25)16(19(29)27(20)2)13-4-3-5-14(22)17(13)23;1-13-10-16(23)21(12-13)6-8-27(9-7-21)20-25-18(24)17(19(28)26(20)2)14-4-3-5-15(22)11-14;1-12-10-15(24)21(11-12)6-8-28(9-7-21)20-26-18(25)16(19(29)27(20)2)13-4-3-5-14(22)17(13)23/h4-5,11,13,17H,6-10,12,24-25H2,1-3H3;4-7,14,17H,8-13,23-24H2,1-3H3;3-5,12,15H,6-11,24-25H2,1-2H3;3-5,11,13,16H,6-10,12,23-24H2,1-2H3;3-5,12,15H,6-11,24-25H2,1-2H3/t13-,17+;14-,17+;12-,15+;13-,16+;12-,15+/m00000/s1. The third-order valence-electron chi connectivity index (χ3n) is 34.1. The van der Waals surface area contributed by atoms with Gasteiger partial charge in [-0.15, -0.1) is 11.8 Å². The second-order valence-electron chi connectivity index (χ2n) is 43.6. The van der Waals surface area contributed by atoms with Crippen molar-refractivity contribution in [2.24, 2.45) is 121 Å². The lowest BCUT2D eigenvalue weighted by Crippen LogP contribution is -2.48. The Kier molecular flexibility index (Phi) is 31.7. The number of nitrogen functional groups attached to an aromatic ring is 5. The van der Waals surface area contributed by atoms with Crippen molar-refractivity contribution < 1.29 is 8.78 Å². The van der Waals surface area contributed by atoms with Crippen molar-refractivity contribution in [3.63, 3.8) is 0 Å². The minimum absolute atomic E-state index is 0.0981. The fraction of sp³-hybridized carbons (Fsp3) is 0.533. The molecule has 5 saturated heterocycles. The summed E-state index contributed by atoms with van der Waals surface area (Å²) < 4.78 is 35.6. The van der Waals surface area contributed by atoms with Crippen LogP contribution >= 0.6 is 58.2 Å². The topological polar surface area (TPSA) is 451 Å². The number of nitrogens with two attached hydrogens (primary N) is 10. The van der Waals surface area contributed by atoms with E-state index in [-0.39, 0.29) is 119 Å². The maximum absolute atomic E-state index is 14.2. The number of thioether (sulfide) groups is 1. The second-order valence-corrected chi connectivity index (χ2v) is 46.1. The number of nitrogens with zero attached hydrogens (tertiary/aromatic N) is 15. The van der Waals surface area contributed by atoms with E-state index in [0.29, 0.717) is 119 Å². The number of piperidine rings is 5. The van der Waals surface area contributed by atoms with Gasteiger partial charge >= 0.3 is 0 Å². The van der Waals surface area contributed by atoms with Crippen molar-refractivity contribution in [2.75, 3.05) is 125 Å². The van der Waals surface area contributed by atoms with Crippen LogP contribution < -0.4 is 110 Å². The van der Waals surface area contributed by atoms with Crippen molar-refractivity contribution in [3.05, 3.63) is 192 Å². The van der Waals surface area contributed by atoms with Crippen molar-refractivity contribution >= 4 is 117 Å². The first-order valence-corrected chi connectivity index (χ1v) is 53.5. The maximum atomic E-state index is 14.2. The molecule has 5 aromatic heterocycles. The Morgan fingerprint density at radius 2 is 0.611 bits per heavy atom. The molecule has 0 bridgehead atoms. The van der Waals surface area contributed by atoms with Crippen LogP contribution in [-0.4, -0.2) is 150 Å². The lowest BCUT2D eigenvalue weighted by Gasteiger charge is -2.42. The molecule has 20 N–H and O–H groups in total. The largest absolute Gasteiger partial charge is 0.383 e. The molecule has 0 radical (unpaired) electrons. The summed E-state index contributed by atoms with van der Waals surface area (Å²) in [6.07, 6.45) is 23.6. The molecule has 10 aliphatic rings. The van der Waals surface area contributed by atoms with Gasteiger partial charge in [0.15, 0.2) is 11.6 Å². The lowest BCUT2D eigenvalue weighted by atomic mass is 9.74. The van der Waals surface area contributed by atoms with Gasteiger partial charge in [0.25, 0.3) is 27.8 Å². The van der Waals surface area contributed by atoms with Gasteiger partial charge in [-0.3, -0.25) is 46.8 Å².